The van der Waals surface area contributed by atoms with Crippen molar-refractivity contribution >= 4 is 21.7 Å². The van der Waals surface area contributed by atoms with Crippen molar-refractivity contribution in [3.8, 4) is 0 Å². The Hall–Kier alpha value is -1.67. The second-order valence-electron chi connectivity index (χ2n) is 7.95. The summed E-state index contributed by atoms with van der Waals surface area (Å²) in [6.07, 6.45) is 6.78. The van der Waals surface area contributed by atoms with Gasteiger partial charge in [-0.25, -0.2) is 18.5 Å². The second-order valence-corrected chi connectivity index (χ2v) is 9.79. The lowest BCUT2D eigenvalue weighted by atomic mass is 10.0. The molecule has 0 spiro atoms. The Morgan fingerprint density at radius 1 is 1.19 bits per heavy atom. The smallest absolute Gasteiger partial charge is 0.255 e. The molecule has 144 valence electrons. The van der Waals surface area contributed by atoms with E-state index in [4.69, 9.17) is 5.14 Å². The third kappa shape index (κ3) is 4.01. The van der Waals surface area contributed by atoms with Gasteiger partial charge < -0.3 is 9.80 Å². The molecular formula is C18H28N4O3S. The highest BCUT2D eigenvalue weighted by Crippen LogP contribution is 2.33. The quantitative estimate of drug-likeness (QED) is 0.862. The van der Waals surface area contributed by atoms with Gasteiger partial charge in [-0.3, -0.25) is 4.79 Å². The average molecular weight is 381 g/mol. The lowest BCUT2D eigenvalue weighted by Gasteiger charge is -2.31. The molecule has 0 aromatic carbocycles. The summed E-state index contributed by atoms with van der Waals surface area (Å²) in [6, 6.07) is 3.68. The molecular weight excluding hydrogens is 352 g/mol. The molecule has 8 heteroatoms. The zero-order valence-electron chi connectivity index (χ0n) is 15.5. The Bertz CT molecular complexity index is 753. The SMILES string of the molecule is CC1(C)CC(S(N)(=O)=O)CN1C(=O)c1ccc(N2CCCCCC2)nc1. The van der Waals surface area contributed by atoms with Crippen molar-refractivity contribution in [2.45, 2.75) is 56.7 Å². The van der Waals surface area contributed by atoms with Crippen LogP contribution in [0.1, 0.15) is 56.3 Å². The maximum atomic E-state index is 12.9. The molecule has 7 nitrogen and oxygen atoms in total. The maximum absolute atomic E-state index is 12.9. The van der Waals surface area contributed by atoms with Gasteiger partial charge in [0, 0.05) is 31.4 Å². The first kappa shape index (κ1) is 19.1. The average Bonchev–Trinajstić information content (AvgIpc) is 2.76. The molecule has 1 aromatic rings. The molecule has 1 unspecified atom stereocenters. The normalized spacial score (nSPS) is 23.7. The highest BCUT2D eigenvalue weighted by Gasteiger charge is 2.45. The Morgan fingerprint density at radius 2 is 1.85 bits per heavy atom. The number of carbonyl (C=O) groups is 1. The first-order valence-electron chi connectivity index (χ1n) is 9.23. The van der Waals surface area contributed by atoms with Crippen LogP contribution in [0, 0.1) is 0 Å². The van der Waals surface area contributed by atoms with Crippen molar-refractivity contribution in [1.82, 2.24) is 9.88 Å². The Labute approximate surface area is 155 Å². The minimum atomic E-state index is -3.66. The predicted molar refractivity (Wildman–Crippen MR) is 102 cm³/mol. The summed E-state index contributed by atoms with van der Waals surface area (Å²) in [5.74, 6) is 0.697. The molecule has 2 N–H and O–H groups in total. The molecule has 2 aliphatic rings. The first-order valence-corrected chi connectivity index (χ1v) is 10.8. The largest absolute Gasteiger partial charge is 0.357 e. The molecule has 3 rings (SSSR count). The van der Waals surface area contributed by atoms with Crippen LogP contribution in [-0.2, 0) is 10.0 Å². The number of amides is 1. The first-order chi connectivity index (χ1) is 12.2. The second kappa shape index (κ2) is 7.15. The van der Waals surface area contributed by atoms with Crippen molar-refractivity contribution in [3.05, 3.63) is 23.9 Å². The van der Waals surface area contributed by atoms with Crippen LogP contribution in [-0.4, -0.2) is 54.6 Å². The molecule has 0 aliphatic carbocycles. The summed E-state index contributed by atoms with van der Waals surface area (Å²) < 4.78 is 23.4. The van der Waals surface area contributed by atoms with Crippen LogP contribution in [0.2, 0.25) is 0 Å². The van der Waals surface area contributed by atoms with E-state index in [1.165, 1.54) is 25.7 Å². The summed E-state index contributed by atoms with van der Waals surface area (Å²) >= 11 is 0. The number of primary sulfonamides is 1. The number of nitrogens with zero attached hydrogens (tertiary/aromatic N) is 3. The van der Waals surface area contributed by atoms with E-state index in [0.29, 0.717) is 12.0 Å². The number of anilines is 1. The van der Waals surface area contributed by atoms with Crippen molar-refractivity contribution in [1.29, 1.82) is 0 Å². The number of hydrogen-bond donors (Lipinski definition) is 1. The molecule has 1 aromatic heterocycles. The Balaban J connectivity index is 1.75. The fraction of sp³-hybridized carbons (Fsp3) is 0.667. The van der Waals surface area contributed by atoms with Gasteiger partial charge in [0.2, 0.25) is 10.0 Å². The van der Waals surface area contributed by atoms with Gasteiger partial charge >= 0.3 is 0 Å². The molecule has 0 saturated carbocycles. The van der Waals surface area contributed by atoms with Gasteiger partial charge in [-0.2, -0.15) is 0 Å². The Morgan fingerprint density at radius 3 is 2.35 bits per heavy atom. The molecule has 2 saturated heterocycles. The number of hydrogen-bond acceptors (Lipinski definition) is 5. The number of pyridine rings is 1. The van der Waals surface area contributed by atoms with Crippen molar-refractivity contribution < 1.29 is 13.2 Å². The minimum absolute atomic E-state index is 0.124. The monoisotopic (exact) mass is 380 g/mol. The van der Waals surface area contributed by atoms with E-state index in [1.807, 2.05) is 19.9 Å². The van der Waals surface area contributed by atoms with E-state index in [0.717, 1.165) is 18.9 Å². The van der Waals surface area contributed by atoms with Crippen LogP contribution >= 0.6 is 0 Å². The summed E-state index contributed by atoms with van der Waals surface area (Å²) in [4.78, 5) is 21.3. The number of aromatic nitrogens is 1. The van der Waals surface area contributed by atoms with Gasteiger partial charge in [-0.1, -0.05) is 12.8 Å². The number of sulfonamides is 1. The van der Waals surface area contributed by atoms with Crippen LogP contribution in [0.25, 0.3) is 0 Å². The predicted octanol–water partition coefficient (Wildman–Crippen LogP) is 1.74. The van der Waals surface area contributed by atoms with Gasteiger partial charge in [0.15, 0.2) is 0 Å². The fourth-order valence-electron chi connectivity index (χ4n) is 3.92. The van der Waals surface area contributed by atoms with Crippen molar-refractivity contribution in [3.63, 3.8) is 0 Å². The zero-order valence-corrected chi connectivity index (χ0v) is 16.3. The summed E-state index contributed by atoms with van der Waals surface area (Å²) in [7, 11) is -3.66. The standard InChI is InChI=1S/C18H28N4O3S/c1-18(2)11-15(26(19,24)25)13-22(18)17(23)14-7-8-16(20-12-14)21-9-5-3-4-6-10-21/h7-8,12,15H,3-6,9-11,13H2,1-2H3,(H2,19,24,25). The highest BCUT2D eigenvalue weighted by atomic mass is 32.2. The Kier molecular flexibility index (Phi) is 5.25. The van der Waals surface area contributed by atoms with Gasteiger partial charge in [-0.05, 0) is 45.2 Å². The van der Waals surface area contributed by atoms with Gasteiger partial charge in [-0.15, -0.1) is 0 Å². The van der Waals surface area contributed by atoms with Gasteiger partial charge in [0.05, 0.1) is 10.8 Å². The van der Waals surface area contributed by atoms with Crippen LogP contribution < -0.4 is 10.0 Å². The topological polar surface area (TPSA) is 96.6 Å². The van der Waals surface area contributed by atoms with Crippen LogP contribution in [0.5, 0.6) is 0 Å². The fourth-order valence-corrected chi connectivity index (χ4v) is 4.91. The third-order valence-electron chi connectivity index (χ3n) is 5.48. The van der Waals surface area contributed by atoms with Crippen LogP contribution in [0.4, 0.5) is 5.82 Å². The van der Waals surface area contributed by atoms with Crippen molar-refractivity contribution in [2.24, 2.45) is 5.14 Å². The van der Waals surface area contributed by atoms with E-state index >= 15 is 0 Å². The van der Waals surface area contributed by atoms with E-state index in [2.05, 4.69) is 9.88 Å². The lowest BCUT2D eigenvalue weighted by Crippen LogP contribution is -2.43. The molecule has 2 fully saturated rings. The number of rotatable bonds is 3. The van der Waals surface area contributed by atoms with Gasteiger partial charge in [0.25, 0.3) is 5.91 Å². The molecule has 3 heterocycles. The van der Waals surface area contributed by atoms with E-state index in [-0.39, 0.29) is 12.5 Å². The third-order valence-corrected chi connectivity index (χ3v) is 6.72. The summed E-state index contributed by atoms with van der Waals surface area (Å²) in [5, 5.41) is 4.58. The lowest BCUT2D eigenvalue weighted by molar-refractivity contribution is 0.0651. The molecule has 0 bridgehead atoms. The van der Waals surface area contributed by atoms with E-state index in [1.54, 1.807) is 17.2 Å². The van der Waals surface area contributed by atoms with Gasteiger partial charge in [0.1, 0.15) is 5.82 Å². The number of carbonyl (C=O) groups excluding carboxylic acids is 1. The summed E-state index contributed by atoms with van der Waals surface area (Å²) in [5.41, 5.74) is -0.0794. The highest BCUT2D eigenvalue weighted by molar-refractivity contribution is 7.89. The molecule has 0 radical (unpaired) electrons. The molecule has 26 heavy (non-hydrogen) atoms. The summed E-state index contributed by atoms with van der Waals surface area (Å²) in [6.45, 7) is 5.85. The maximum Gasteiger partial charge on any atom is 0.255 e. The molecule has 1 atom stereocenters. The number of likely N-dealkylation sites (tertiary alicyclic amines) is 1. The number of nitrogens with two attached hydrogens (primary N) is 1. The minimum Gasteiger partial charge on any atom is -0.357 e. The molecule has 1 amide bonds. The molecule has 2 aliphatic heterocycles. The van der Waals surface area contributed by atoms with E-state index < -0.39 is 20.8 Å². The van der Waals surface area contributed by atoms with Crippen LogP contribution in [0.3, 0.4) is 0 Å². The van der Waals surface area contributed by atoms with Crippen molar-refractivity contribution in [2.75, 3.05) is 24.5 Å². The van der Waals surface area contributed by atoms with Crippen LogP contribution in [0.15, 0.2) is 18.3 Å². The zero-order chi connectivity index (χ0) is 18.9. The van der Waals surface area contributed by atoms with E-state index in [9.17, 15) is 13.2 Å².